The third kappa shape index (κ3) is 6.61. The SMILES string of the molecule is CCNC(=NCc1cc(Br)ccc1OC)NC1CCN(C(=O)OCC)CC1. The molecule has 1 fully saturated rings. The summed E-state index contributed by atoms with van der Waals surface area (Å²) in [4.78, 5) is 18.3. The van der Waals surface area contributed by atoms with Gasteiger partial charge in [-0.2, -0.15) is 0 Å². The van der Waals surface area contributed by atoms with Crippen molar-refractivity contribution in [3.63, 3.8) is 0 Å². The minimum atomic E-state index is -0.224. The number of nitrogens with one attached hydrogen (secondary N) is 2. The normalized spacial score (nSPS) is 15.4. The average molecular weight is 441 g/mol. The minimum absolute atomic E-state index is 0.224. The van der Waals surface area contributed by atoms with Crippen LogP contribution in [-0.4, -0.2) is 56.3 Å². The smallest absolute Gasteiger partial charge is 0.409 e. The van der Waals surface area contributed by atoms with Crippen LogP contribution < -0.4 is 15.4 Å². The van der Waals surface area contributed by atoms with E-state index in [1.807, 2.05) is 32.0 Å². The van der Waals surface area contributed by atoms with Crippen LogP contribution in [0.1, 0.15) is 32.3 Å². The molecule has 0 saturated carbocycles. The maximum Gasteiger partial charge on any atom is 0.409 e. The van der Waals surface area contributed by atoms with Crippen LogP contribution in [0.3, 0.4) is 0 Å². The Hall–Kier alpha value is -1.96. The molecule has 0 bridgehead atoms. The van der Waals surface area contributed by atoms with E-state index in [2.05, 4.69) is 26.6 Å². The quantitative estimate of drug-likeness (QED) is 0.524. The number of amides is 1. The average Bonchev–Trinajstić information content (AvgIpc) is 2.67. The molecule has 0 atom stereocenters. The molecule has 0 spiro atoms. The van der Waals surface area contributed by atoms with E-state index in [1.165, 1.54) is 0 Å². The summed E-state index contributed by atoms with van der Waals surface area (Å²) in [6.07, 6.45) is 1.51. The molecule has 150 valence electrons. The molecule has 1 aromatic rings. The number of hydrogen-bond acceptors (Lipinski definition) is 4. The number of piperidine rings is 1. The lowest BCUT2D eigenvalue weighted by Crippen LogP contribution is -2.49. The van der Waals surface area contributed by atoms with Crippen LogP contribution in [0.5, 0.6) is 5.75 Å². The van der Waals surface area contributed by atoms with Gasteiger partial charge in [-0.25, -0.2) is 9.79 Å². The highest BCUT2D eigenvalue weighted by Gasteiger charge is 2.24. The van der Waals surface area contributed by atoms with Crippen molar-refractivity contribution in [1.29, 1.82) is 0 Å². The van der Waals surface area contributed by atoms with E-state index in [1.54, 1.807) is 12.0 Å². The van der Waals surface area contributed by atoms with Gasteiger partial charge in [0.05, 0.1) is 20.3 Å². The lowest BCUT2D eigenvalue weighted by molar-refractivity contribution is 0.0963. The van der Waals surface area contributed by atoms with Gasteiger partial charge in [0.25, 0.3) is 0 Å². The maximum absolute atomic E-state index is 11.8. The molecular weight excluding hydrogens is 412 g/mol. The van der Waals surface area contributed by atoms with Crippen LogP contribution in [0.4, 0.5) is 4.79 Å². The summed E-state index contributed by atoms with van der Waals surface area (Å²) >= 11 is 3.49. The van der Waals surface area contributed by atoms with Crippen LogP contribution >= 0.6 is 15.9 Å². The lowest BCUT2D eigenvalue weighted by atomic mass is 10.1. The van der Waals surface area contributed by atoms with Crippen molar-refractivity contribution in [3.8, 4) is 5.75 Å². The van der Waals surface area contributed by atoms with E-state index in [0.717, 1.165) is 41.1 Å². The van der Waals surface area contributed by atoms with Crippen molar-refractivity contribution in [2.24, 2.45) is 4.99 Å². The fraction of sp³-hybridized carbons (Fsp3) is 0.579. The molecule has 1 amide bonds. The molecule has 2 rings (SSSR count). The Morgan fingerprint density at radius 3 is 2.70 bits per heavy atom. The molecule has 1 aromatic carbocycles. The molecule has 8 heteroatoms. The lowest BCUT2D eigenvalue weighted by Gasteiger charge is -2.32. The van der Waals surface area contributed by atoms with Crippen molar-refractivity contribution >= 4 is 28.0 Å². The number of carbonyl (C=O) groups is 1. The van der Waals surface area contributed by atoms with Crippen LogP contribution in [0.2, 0.25) is 0 Å². The fourth-order valence-electron chi connectivity index (χ4n) is 2.97. The first-order valence-electron chi connectivity index (χ1n) is 9.36. The largest absolute Gasteiger partial charge is 0.496 e. The third-order valence-corrected chi connectivity index (χ3v) is 4.85. The number of halogens is 1. The molecule has 0 radical (unpaired) electrons. The number of benzene rings is 1. The first kappa shape index (κ1) is 21.3. The molecule has 1 aliphatic heterocycles. The molecule has 1 saturated heterocycles. The Kier molecular flexibility index (Phi) is 8.71. The maximum atomic E-state index is 11.8. The summed E-state index contributed by atoms with van der Waals surface area (Å²) in [5, 5.41) is 6.77. The van der Waals surface area contributed by atoms with Gasteiger partial charge in [0.2, 0.25) is 0 Å². The number of rotatable bonds is 6. The zero-order chi connectivity index (χ0) is 19.6. The van der Waals surface area contributed by atoms with Crippen LogP contribution in [0, 0.1) is 0 Å². The van der Waals surface area contributed by atoms with Gasteiger partial charge in [-0.1, -0.05) is 15.9 Å². The Morgan fingerprint density at radius 1 is 1.33 bits per heavy atom. The third-order valence-electron chi connectivity index (χ3n) is 4.36. The van der Waals surface area contributed by atoms with Crippen LogP contribution in [0.15, 0.2) is 27.7 Å². The minimum Gasteiger partial charge on any atom is -0.496 e. The van der Waals surface area contributed by atoms with Gasteiger partial charge < -0.3 is 25.0 Å². The van der Waals surface area contributed by atoms with Crippen molar-refractivity contribution < 1.29 is 14.3 Å². The van der Waals surface area contributed by atoms with Gasteiger partial charge in [-0.15, -0.1) is 0 Å². The molecule has 0 aromatic heterocycles. The molecular formula is C19H29BrN4O3. The van der Waals surface area contributed by atoms with E-state index < -0.39 is 0 Å². The second-order valence-electron chi connectivity index (χ2n) is 6.26. The molecule has 0 aliphatic carbocycles. The summed E-state index contributed by atoms with van der Waals surface area (Å²) in [6, 6.07) is 6.18. The number of likely N-dealkylation sites (tertiary alicyclic amines) is 1. The van der Waals surface area contributed by atoms with E-state index in [-0.39, 0.29) is 12.1 Å². The van der Waals surface area contributed by atoms with Gasteiger partial charge in [-0.05, 0) is 44.9 Å². The first-order chi connectivity index (χ1) is 13.1. The number of aliphatic imine (C=N–C) groups is 1. The van der Waals surface area contributed by atoms with Gasteiger partial charge in [-0.3, -0.25) is 0 Å². The van der Waals surface area contributed by atoms with Crippen LogP contribution in [-0.2, 0) is 11.3 Å². The zero-order valence-electron chi connectivity index (χ0n) is 16.3. The monoisotopic (exact) mass is 440 g/mol. The second-order valence-corrected chi connectivity index (χ2v) is 7.17. The number of methoxy groups -OCH3 is 1. The Morgan fingerprint density at radius 2 is 2.07 bits per heavy atom. The molecule has 1 heterocycles. The molecule has 2 N–H and O–H groups in total. The molecule has 27 heavy (non-hydrogen) atoms. The highest BCUT2D eigenvalue weighted by Crippen LogP contribution is 2.23. The summed E-state index contributed by atoms with van der Waals surface area (Å²) in [5.74, 6) is 1.59. The first-order valence-corrected chi connectivity index (χ1v) is 10.2. The summed E-state index contributed by atoms with van der Waals surface area (Å²) in [6.45, 7) is 6.95. The molecule has 1 aliphatic rings. The fourth-order valence-corrected chi connectivity index (χ4v) is 3.38. The topological polar surface area (TPSA) is 75.2 Å². The van der Waals surface area contributed by atoms with E-state index >= 15 is 0 Å². The summed E-state index contributed by atoms with van der Waals surface area (Å²) in [7, 11) is 1.66. The van der Waals surface area contributed by atoms with E-state index in [4.69, 9.17) is 14.5 Å². The highest BCUT2D eigenvalue weighted by molar-refractivity contribution is 9.10. The predicted octanol–water partition coefficient (Wildman–Crippen LogP) is 3.13. The Balaban J connectivity index is 1.95. The van der Waals surface area contributed by atoms with E-state index in [9.17, 15) is 4.79 Å². The van der Waals surface area contributed by atoms with Crippen molar-refractivity contribution in [2.45, 2.75) is 39.3 Å². The van der Waals surface area contributed by atoms with Gasteiger partial charge >= 0.3 is 6.09 Å². The number of nitrogens with zero attached hydrogens (tertiary/aromatic N) is 2. The number of ether oxygens (including phenoxy) is 2. The van der Waals surface area contributed by atoms with Crippen molar-refractivity contribution in [1.82, 2.24) is 15.5 Å². The number of carbonyl (C=O) groups excluding carboxylic acids is 1. The molecule has 0 unspecified atom stereocenters. The summed E-state index contributed by atoms with van der Waals surface area (Å²) in [5.41, 5.74) is 1.02. The zero-order valence-corrected chi connectivity index (χ0v) is 17.8. The van der Waals surface area contributed by atoms with E-state index in [0.29, 0.717) is 26.2 Å². The van der Waals surface area contributed by atoms with Crippen molar-refractivity contribution in [2.75, 3.05) is 33.4 Å². The Bertz CT molecular complexity index is 646. The van der Waals surface area contributed by atoms with Gasteiger partial charge in [0, 0.05) is 35.7 Å². The molecule has 7 nitrogen and oxygen atoms in total. The number of guanidine groups is 1. The second kappa shape index (κ2) is 11.0. The standard InChI is InChI=1S/C19H29BrN4O3/c1-4-21-18(22-13-14-12-15(20)6-7-17(14)26-3)23-16-8-10-24(11-9-16)19(25)27-5-2/h6-7,12,16H,4-5,8-11,13H2,1-3H3,(H2,21,22,23). The Labute approximate surface area is 169 Å². The number of hydrogen-bond donors (Lipinski definition) is 2. The van der Waals surface area contributed by atoms with Gasteiger partial charge in [0.1, 0.15) is 5.75 Å². The van der Waals surface area contributed by atoms with Gasteiger partial charge in [0.15, 0.2) is 5.96 Å². The summed E-state index contributed by atoms with van der Waals surface area (Å²) < 4.78 is 11.5. The predicted molar refractivity (Wildman–Crippen MR) is 110 cm³/mol. The highest BCUT2D eigenvalue weighted by atomic mass is 79.9. The van der Waals surface area contributed by atoms with Crippen LogP contribution in [0.25, 0.3) is 0 Å². The van der Waals surface area contributed by atoms with Crippen molar-refractivity contribution in [3.05, 3.63) is 28.2 Å².